The van der Waals surface area contributed by atoms with E-state index in [0.717, 1.165) is 82.9 Å². The Morgan fingerprint density at radius 1 is 0.411 bits per heavy atom. The largest absolute Gasteiger partial charge is 0.309 e. The predicted octanol–water partition coefficient (Wildman–Crippen LogP) is 17.5. The van der Waals surface area contributed by atoms with E-state index >= 15 is 0 Å². The monoisotopic (exact) mass is 952 g/mol. The van der Waals surface area contributed by atoms with E-state index in [4.69, 9.17) is 15.0 Å². The van der Waals surface area contributed by atoms with Gasteiger partial charge in [0.05, 0.1) is 33.4 Å². The fourth-order valence-corrected chi connectivity index (χ4v) is 13.1. The molecule has 0 amide bonds. The maximum Gasteiger partial charge on any atom is 0.238 e. The second-order valence-electron chi connectivity index (χ2n) is 19.5. The molecule has 0 spiro atoms. The average Bonchev–Trinajstić information content (AvgIpc) is 4.17. The van der Waals surface area contributed by atoms with Gasteiger partial charge in [0, 0.05) is 75.2 Å². The fraction of sp³-hybridized carbons (Fsp3) is 0.0455. The molecule has 6 nitrogen and oxygen atoms in total. The maximum absolute atomic E-state index is 5.77. The van der Waals surface area contributed by atoms with E-state index in [9.17, 15) is 0 Å². The highest BCUT2D eigenvalue weighted by molar-refractivity contribution is 7.26. The predicted molar refractivity (Wildman–Crippen MR) is 305 cm³/mol. The van der Waals surface area contributed by atoms with Crippen LogP contribution in [0.15, 0.2) is 231 Å². The minimum Gasteiger partial charge on any atom is -0.309 e. The van der Waals surface area contributed by atoms with Crippen LogP contribution in [0, 0.1) is 0 Å². The Hall–Kier alpha value is -9.17. The van der Waals surface area contributed by atoms with Crippen LogP contribution in [0.1, 0.15) is 25.0 Å². The molecular formula is C66H44N6S. The van der Waals surface area contributed by atoms with Gasteiger partial charge in [0.25, 0.3) is 0 Å². The second-order valence-corrected chi connectivity index (χ2v) is 20.6. The molecule has 1 aliphatic carbocycles. The Kier molecular flexibility index (Phi) is 9.07. The van der Waals surface area contributed by atoms with Crippen LogP contribution in [-0.2, 0) is 5.41 Å². The van der Waals surface area contributed by atoms with Crippen molar-refractivity contribution in [3.8, 4) is 45.3 Å². The summed E-state index contributed by atoms with van der Waals surface area (Å²) in [6.45, 7) is 4.69. The Labute approximate surface area is 425 Å². The third-order valence-corrected chi connectivity index (χ3v) is 16.3. The topological polar surface area (TPSA) is 51.8 Å². The lowest BCUT2D eigenvalue weighted by Gasteiger charge is -2.28. The normalized spacial score (nSPS) is 12.9. The summed E-state index contributed by atoms with van der Waals surface area (Å²) in [6.07, 6.45) is 0. The van der Waals surface area contributed by atoms with Crippen LogP contribution < -0.4 is 4.90 Å². The van der Waals surface area contributed by atoms with Crippen LogP contribution in [0.3, 0.4) is 0 Å². The maximum atomic E-state index is 5.77. The van der Waals surface area contributed by atoms with Crippen LogP contribution in [0.5, 0.6) is 0 Å². The van der Waals surface area contributed by atoms with Crippen LogP contribution in [0.4, 0.5) is 17.3 Å². The molecule has 4 heterocycles. The quantitative estimate of drug-likeness (QED) is 0.160. The zero-order chi connectivity index (χ0) is 48.4. The standard InChI is InChI=1S/C66H44N6S/c1-66(2)51-30-13-9-26-47(51)60-52(66)31-18-34-56(60)72(57-35-19-37-59-61(57)48-27-12-16-36-58(48)73-59)65-68-63(41-38-39-55-50(40-41)45-25-11-14-32-53(45)70(55)42-20-5-3-6-21-42)67-64(69-65)49-29-17-28-46-44-24-10-15-33-54(44)71(62(46)49)43-22-7-4-8-23-43/h3-40H,1-2H3. The Morgan fingerprint density at radius 3 is 1.78 bits per heavy atom. The van der Waals surface area contributed by atoms with Crippen molar-refractivity contribution in [2.75, 3.05) is 4.90 Å². The molecule has 4 aromatic heterocycles. The molecule has 0 saturated heterocycles. The Balaban J connectivity index is 1.07. The molecule has 15 rings (SSSR count). The van der Waals surface area contributed by atoms with Gasteiger partial charge in [-0.3, -0.25) is 4.90 Å². The number of anilines is 3. The summed E-state index contributed by atoms with van der Waals surface area (Å²) in [5, 5.41) is 6.93. The first-order valence-corrected chi connectivity index (χ1v) is 25.7. The number of hydrogen-bond donors (Lipinski definition) is 0. The molecule has 0 atom stereocenters. The van der Waals surface area contributed by atoms with Gasteiger partial charge in [-0.15, -0.1) is 11.3 Å². The van der Waals surface area contributed by atoms with Crippen LogP contribution in [0.2, 0.25) is 0 Å². The minimum atomic E-state index is -0.237. The summed E-state index contributed by atoms with van der Waals surface area (Å²) in [6, 6.07) is 82.9. The molecule has 10 aromatic carbocycles. The highest BCUT2D eigenvalue weighted by Gasteiger charge is 2.38. The molecule has 0 aliphatic heterocycles. The van der Waals surface area contributed by atoms with Crippen LogP contribution >= 0.6 is 11.3 Å². The highest BCUT2D eigenvalue weighted by atomic mass is 32.1. The highest BCUT2D eigenvalue weighted by Crippen LogP contribution is 2.55. The molecule has 14 aromatic rings. The molecule has 7 heteroatoms. The molecule has 0 unspecified atom stereocenters. The number of aromatic nitrogens is 5. The van der Waals surface area contributed by atoms with E-state index in [1.165, 1.54) is 37.0 Å². The smallest absolute Gasteiger partial charge is 0.238 e. The van der Waals surface area contributed by atoms with Gasteiger partial charge in [0.2, 0.25) is 5.95 Å². The molecule has 0 bridgehead atoms. The lowest BCUT2D eigenvalue weighted by Crippen LogP contribution is -2.18. The number of para-hydroxylation sites is 5. The second kappa shape index (κ2) is 15.9. The minimum absolute atomic E-state index is 0.237. The first-order valence-electron chi connectivity index (χ1n) is 24.9. The van der Waals surface area contributed by atoms with Crippen molar-refractivity contribution in [1.29, 1.82) is 0 Å². The van der Waals surface area contributed by atoms with Gasteiger partial charge in [-0.25, -0.2) is 4.98 Å². The third kappa shape index (κ3) is 6.19. The number of hydrogen-bond acceptors (Lipinski definition) is 5. The van der Waals surface area contributed by atoms with E-state index in [1.54, 1.807) is 0 Å². The molecule has 0 radical (unpaired) electrons. The first kappa shape index (κ1) is 41.6. The SMILES string of the molecule is CC1(C)c2ccccc2-c2c(N(c3nc(-c4ccc5c(c4)c4ccccc4n5-c4ccccc4)nc(-c4cccc5c6ccccc6n(-c6ccccc6)c45)n3)c3cccc4sc5ccccc5c34)cccc21. The number of benzene rings is 10. The fourth-order valence-electron chi connectivity index (χ4n) is 11.9. The van der Waals surface area contributed by atoms with Crippen molar-refractivity contribution in [2.24, 2.45) is 0 Å². The molecule has 0 N–H and O–H groups in total. The number of thiophene rings is 1. The van der Waals surface area contributed by atoms with Crippen molar-refractivity contribution in [1.82, 2.24) is 24.1 Å². The molecule has 73 heavy (non-hydrogen) atoms. The van der Waals surface area contributed by atoms with E-state index in [1.807, 2.05) is 11.3 Å². The first-order chi connectivity index (χ1) is 36.0. The lowest BCUT2D eigenvalue weighted by atomic mass is 9.82. The van der Waals surface area contributed by atoms with Gasteiger partial charge in [0.1, 0.15) is 0 Å². The van der Waals surface area contributed by atoms with E-state index in [0.29, 0.717) is 17.6 Å². The van der Waals surface area contributed by atoms with Gasteiger partial charge in [-0.1, -0.05) is 159 Å². The lowest BCUT2D eigenvalue weighted by molar-refractivity contribution is 0.660. The molecule has 344 valence electrons. The van der Waals surface area contributed by atoms with Crippen molar-refractivity contribution in [3.05, 3.63) is 242 Å². The molecule has 0 fully saturated rings. The van der Waals surface area contributed by atoms with Gasteiger partial charge >= 0.3 is 0 Å². The Bertz CT molecular complexity index is 4540. The number of fused-ring (bicyclic) bond motifs is 12. The number of nitrogens with zero attached hydrogens (tertiary/aromatic N) is 6. The summed E-state index contributed by atoms with van der Waals surface area (Å²) in [4.78, 5) is 19.4. The zero-order valence-electron chi connectivity index (χ0n) is 40.0. The van der Waals surface area contributed by atoms with Gasteiger partial charge in [0.15, 0.2) is 11.6 Å². The zero-order valence-corrected chi connectivity index (χ0v) is 40.8. The van der Waals surface area contributed by atoms with Gasteiger partial charge < -0.3 is 9.13 Å². The van der Waals surface area contributed by atoms with Crippen molar-refractivity contribution in [3.63, 3.8) is 0 Å². The summed E-state index contributed by atoms with van der Waals surface area (Å²) in [5.74, 6) is 1.70. The summed E-state index contributed by atoms with van der Waals surface area (Å²) < 4.78 is 7.15. The molecule has 0 saturated carbocycles. The van der Waals surface area contributed by atoms with Crippen LogP contribution in [0.25, 0.3) is 109 Å². The summed E-state index contributed by atoms with van der Waals surface area (Å²) in [7, 11) is 0. The summed E-state index contributed by atoms with van der Waals surface area (Å²) >= 11 is 1.82. The van der Waals surface area contributed by atoms with Crippen LogP contribution in [-0.4, -0.2) is 24.1 Å². The van der Waals surface area contributed by atoms with Crippen molar-refractivity contribution < 1.29 is 0 Å². The van der Waals surface area contributed by atoms with E-state index in [2.05, 4.69) is 258 Å². The van der Waals surface area contributed by atoms with Gasteiger partial charge in [-0.2, -0.15) is 9.97 Å². The van der Waals surface area contributed by atoms with E-state index in [-0.39, 0.29) is 5.41 Å². The number of rotatable bonds is 7. The van der Waals surface area contributed by atoms with Crippen molar-refractivity contribution in [2.45, 2.75) is 19.3 Å². The average molecular weight is 953 g/mol. The Morgan fingerprint density at radius 2 is 0.973 bits per heavy atom. The van der Waals surface area contributed by atoms with Gasteiger partial charge in [-0.05, 0) is 102 Å². The third-order valence-electron chi connectivity index (χ3n) is 15.2. The molecule has 1 aliphatic rings. The molecular weight excluding hydrogens is 909 g/mol. The van der Waals surface area contributed by atoms with Crippen molar-refractivity contribution >= 4 is 92.4 Å². The van der Waals surface area contributed by atoms with E-state index < -0.39 is 0 Å². The summed E-state index contributed by atoms with van der Waals surface area (Å²) in [5.41, 5.74) is 15.1.